The first kappa shape index (κ1) is 8.90. The summed E-state index contributed by atoms with van der Waals surface area (Å²) in [6.45, 7) is 0. The zero-order valence-electron chi connectivity index (χ0n) is 6.90. The lowest BCUT2D eigenvalue weighted by Gasteiger charge is -2.06. The first-order chi connectivity index (χ1) is 6.24. The molecule has 2 rings (SSSR count). The molecule has 13 heavy (non-hydrogen) atoms. The Morgan fingerprint density at radius 1 is 1.46 bits per heavy atom. The molecule has 1 aromatic heterocycles. The van der Waals surface area contributed by atoms with E-state index in [0.717, 1.165) is 12.8 Å². The van der Waals surface area contributed by atoms with E-state index < -0.39 is 5.60 Å². The van der Waals surface area contributed by atoms with Crippen LogP contribution >= 0.6 is 15.9 Å². The SMILES string of the molecule is OC1(c2ncc(OCBr)cn2)CC1. The third kappa shape index (κ3) is 1.81. The van der Waals surface area contributed by atoms with Crippen LogP contribution in [0.1, 0.15) is 18.7 Å². The molecule has 0 spiro atoms. The topological polar surface area (TPSA) is 55.2 Å². The monoisotopic (exact) mass is 244 g/mol. The molecule has 70 valence electrons. The van der Waals surface area contributed by atoms with Gasteiger partial charge in [-0.2, -0.15) is 0 Å². The molecule has 1 aromatic rings. The van der Waals surface area contributed by atoms with Gasteiger partial charge in [-0.3, -0.25) is 0 Å². The minimum Gasteiger partial charge on any atom is -0.479 e. The molecule has 0 radical (unpaired) electrons. The van der Waals surface area contributed by atoms with E-state index in [0.29, 0.717) is 17.1 Å². The van der Waals surface area contributed by atoms with E-state index in [1.54, 1.807) is 12.4 Å². The van der Waals surface area contributed by atoms with Crippen molar-refractivity contribution in [1.82, 2.24) is 9.97 Å². The molecule has 1 N–H and O–H groups in total. The number of alkyl halides is 1. The fourth-order valence-electron chi connectivity index (χ4n) is 1.04. The van der Waals surface area contributed by atoms with Crippen LogP contribution in [0.15, 0.2) is 12.4 Å². The van der Waals surface area contributed by atoms with Crippen molar-refractivity contribution in [2.24, 2.45) is 0 Å². The lowest BCUT2D eigenvalue weighted by Crippen LogP contribution is -2.09. The van der Waals surface area contributed by atoms with E-state index in [2.05, 4.69) is 25.9 Å². The molecule has 1 heterocycles. The predicted octanol–water partition coefficient (Wildman–Crippen LogP) is 1.19. The van der Waals surface area contributed by atoms with Crippen molar-refractivity contribution in [3.05, 3.63) is 18.2 Å². The first-order valence-electron chi connectivity index (χ1n) is 3.98. The van der Waals surface area contributed by atoms with E-state index in [9.17, 15) is 5.11 Å². The molecule has 1 aliphatic rings. The molecule has 0 unspecified atom stereocenters. The predicted molar refractivity (Wildman–Crippen MR) is 49.6 cm³/mol. The summed E-state index contributed by atoms with van der Waals surface area (Å²) in [7, 11) is 0. The van der Waals surface area contributed by atoms with E-state index in [1.807, 2.05) is 0 Å². The first-order valence-corrected chi connectivity index (χ1v) is 5.10. The Bertz CT molecular complexity index is 298. The smallest absolute Gasteiger partial charge is 0.160 e. The minimum atomic E-state index is -0.757. The van der Waals surface area contributed by atoms with E-state index >= 15 is 0 Å². The Balaban J connectivity index is 2.14. The van der Waals surface area contributed by atoms with Crippen LogP contribution in [0.25, 0.3) is 0 Å². The van der Waals surface area contributed by atoms with Crippen molar-refractivity contribution >= 4 is 15.9 Å². The molecule has 0 bridgehead atoms. The second-order valence-electron chi connectivity index (χ2n) is 3.03. The largest absolute Gasteiger partial charge is 0.479 e. The van der Waals surface area contributed by atoms with Gasteiger partial charge >= 0.3 is 0 Å². The number of halogens is 1. The lowest BCUT2D eigenvalue weighted by molar-refractivity contribution is 0.140. The Morgan fingerprint density at radius 2 is 2.08 bits per heavy atom. The Hall–Kier alpha value is -0.680. The lowest BCUT2D eigenvalue weighted by atomic mass is 10.3. The van der Waals surface area contributed by atoms with E-state index in [4.69, 9.17) is 4.74 Å². The van der Waals surface area contributed by atoms with Gasteiger partial charge in [-0.05, 0) is 28.8 Å². The van der Waals surface area contributed by atoms with Gasteiger partial charge in [-0.1, -0.05) is 0 Å². The summed E-state index contributed by atoms with van der Waals surface area (Å²) < 4.78 is 5.10. The summed E-state index contributed by atoms with van der Waals surface area (Å²) in [5.74, 6) is 1.10. The highest BCUT2D eigenvalue weighted by atomic mass is 79.9. The Morgan fingerprint density at radius 3 is 2.54 bits per heavy atom. The summed E-state index contributed by atoms with van der Waals surface area (Å²) in [5.41, 5.74) is -0.340. The van der Waals surface area contributed by atoms with Gasteiger partial charge in [0.25, 0.3) is 0 Å². The molecule has 0 amide bonds. The highest BCUT2D eigenvalue weighted by molar-refractivity contribution is 9.09. The highest BCUT2D eigenvalue weighted by Crippen LogP contribution is 2.43. The molecule has 4 nitrogen and oxygen atoms in total. The third-order valence-corrected chi connectivity index (χ3v) is 2.22. The number of nitrogens with zero attached hydrogens (tertiary/aromatic N) is 2. The maximum Gasteiger partial charge on any atom is 0.160 e. The summed E-state index contributed by atoms with van der Waals surface area (Å²) in [5, 5.41) is 9.65. The molecule has 0 aromatic carbocycles. The molecule has 1 aliphatic carbocycles. The van der Waals surface area contributed by atoms with Crippen molar-refractivity contribution in [3.8, 4) is 5.75 Å². The van der Waals surface area contributed by atoms with E-state index in [-0.39, 0.29) is 0 Å². The van der Waals surface area contributed by atoms with Gasteiger partial charge in [0.1, 0.15) is 11.1 Å². The van der Waals surface area contributed by atoms with Crippen molar-refractivity contribution in [2.45, 2.75) is 18.4 Å². The highest BCUT2D eigenvalue weighted by Gasteiger charge is 2.45. The molecular formula is C8H9BrN2O2. The summed E-state index contributed by atoms with van der Waals surface area (Å²) in [4.78, 5) is 8.05. The zero-order chi connectivity index (χ0) is 9.31. The standard InChI is InChI=1S/C8H9BrN2O2/c9-5-13-6-3-10-7(11-4-6)8(12)1-2-8/h3-4,12H,1-2,5H2. The summed E-state index contributed by atoms with van der Waals surface area (Å²) in [6, 6.07) is 0. The number of ether oxygens (including phenoxy) is 1. The fraction of sp³-hybridized carbons (Fsp3) is 0.500. The molecule has 5 heteroatoms. The molecule has 1 fully saturated rings. The van der Waals surface area contributed by atoms with Gasteiger partial charge < -0.3 is 9.84 Å². The van der Waals surface area contributed by atoms with Crippen molar-refractivity contribution in [3.63, 3.8) is 0 Å². The maximum atomic E-state index is 9.65. The van der Waals surface area contributed by atoms with Crippen LogP contribution in [0.3, 0.4) is 0 Å². The molecule has 0 atom stereocenters. The van der Waals surface area contributed by atoms with Gasteiger partial charge in [0, 0.05) is 0 Å². The number of hydrogen-bond acceptors (Lipinski definition) is 4. The Labute approximate surface area is 84.1 Å². The van der Waals surface area contributed by atoms with Crippen molar-refractivity contribution in [1.29, 1.82) is 0 Å². The quantitative estimate of drug-likeness (QED) is 0.812. The number of aliphatic hydroxyl groups is 1. The average molecular weight is 245 g/mol. The fourth-order valence-corrected chi connectivity index (χ4v) is 1.30. The molecule has 1 saturated carbocycles. The van der Waals surface area contributed by atoms with Crippen LogP contribution in [-0.2, 0) is 5.60 Å². The number of hydrogen-bond donors (Lipinski definition) is 1. The van der Waals surface area contributed by atoms with Gasteiger partial charge in [0.15, 0.2) is 11.6 Å². The van der Waals surface area contributed by atoms with Gasteiger partial charge in [0.05, 0.1) is 12.4 Å². The third-order valence-electron chi connectivity index (χ3n) is 1.99. The van der Waals surface area contributed by atoms with Crippen LogP contribution in [0.2, 0.25) is 0 Å². The molecule has 0 saturated heterocycles. The summed E-state index contributed by atoms with van der Waals surface area (Å²) >= 11 is 3.13. The van der Waals surface area contributed by atoms with Crippen molar-refractivity contribution < 1.29 is 9.84 Å². The van der Waals surface area contributed by atoms with Gasteiger partial charge in [-0.15, -0.1) is 0 Å². The number of rotatable bonds is 3. The molecular weight excluding hydrogens is 236 g/mol. The second-order valence-corrected chi connectivity index (χ2v) is 3.49. The second kappa shape index (κ2) is 3.23. The van der Waals surface area contributed by atoms with Crippen LogP contribution in [0.4, 0.5) is 0 Å². The zero-order valence-corrected chi connectivity index (χ0v) is 8.49. The average Bonchev–Trinajstić information content (AvgIpc) is 2.87. The minimum absolute atomic E-state index is 0.417. The normalized spacial score (nSPS) is 18.3. The van der Waals surface area contributed by atoms with E-state index in [1.165, 1.54) is 0 Å². The van der Waals surface area contributed by atoms with Gasteiger partial charge in [-0.25, -0.2) is 9.97 Å². The van der Waals surface area contributed by atoms with Crippen molar-refractivity contribution in [2.75, 3.05) is 5.52 Å². The molecule has 0 aliphatic heterocycles. The van der Waals surface area contributed by atoms with Crippen LogP contribution in [0, 0.1) is 0 Å². The van der Waals surface area contributed by atoms with Crippen LogP contribution < -0.4 is 4.74 Å². The van der Waals surface area contributed by atoms with Gasteiger partial charge in [0.2, 0.25) is 0 Å². The van der Waals surface area contributed by atoms with Crippen LogP contribution in [0.5, 0.6) is 5.75 Å². The van der Waals surface area contributed by atoms with Crippen LogP contribution in [-0.4, -0.2) is 20.6 Å². The number of aromatic nitrogens is 2. The Kier molecular flexibility index (Phi) is 2.21. The maximum absolute atomic E-state index is 9.65. The summed E-state index contributed by atoms with van der Waals surface area (Å²) in [6.07, 6.45) is 4.65.